The summed E-state index contributed by atoms with van der Waals surface area (Å²) in [6.07, 6.45) is 1.05. The van der Waals surface area contributed by atoms with Crippen LogP contribution in [0.4, 0.5) is 14.9 Å². The molecule has 1 saturated heterocycles. The molecule has 6 nitrogen and oxygen atoms in total. The molecule has 1 N–H and O–H groups in total. The number of aryl methyl sites for hydroxylation is 1. The predicted molar refractivity (Wildman–Crippen MR) is 111 cm³/mol. The number of rotatable bonds is 4. The molecule has 0 unspecified atom stereocenters. The van der Waals surface area contributed by atoms with Gasteiger partial charge < -0.3 is 19.7 Å². The van der Waals surface area contributed by atoms with E-state index in [-0.39, 0.29) is 18.4 Å². The second kappa shape index (κ2) is 8.92. The lowest BCUT2D eigenvalue weighted by Crippen LogP contribution is -2.44. The zero-order valence-electron chi connectivity index (χ0n) is 16.5. The normalized spacial score (nSPS) is 16.2. The Morgan fingerprint density at radius 3 is 2.70 bits per heavy atom. The van der Waals surface area contributed by atoms with Crippen molar-refractivity contribution >= 4 is 11.7 Å². The fourth-order valence-corrected chi connectivity index (χ4v) is 3.20. The van der Waals surface area contributed by atoms with Gasteiger partial charge in [0, 0.05) is 18.2 Å². The van der Waals surface area contributed by atoms with E-state index in [4.69, 9.17) is 9.47 Å². The van der Waals surface area contributed by atoms with Crippen molar-refractivity contribution in [3.8, 4) is 11.6 Å². The maximum Gasteiger partial charge on any atom is 0.322 e. The number of morpholine rings is 1. The number of carbonyl (C=O) groups is 1. The van der Waals surface area contributed by atoms with Gasteiger partial charge in [-0.1, -0.05) is 35.9 Å². The molecule has 154 valence electrons. The number of carbonyl (C=O) groups excluding carboxylic acids is 1. The van der Waals surface area contributed by atoms with Crippen molar-refractivity contribution in [2.45, 2.75) is 13.0 Å². The lowest BCUT2D eigenvalue weighted by molar-refractivity contribution is -0.0152. The molecule has 4 rings (SSSR count). The number of pyridine rings is 1. The van der Waals surface area contributed by atoms with Gasteiger partial charge in [-0.3, -0.25) is 0 Å². The summed E-state index contributed by atoms with van der Waals surface area (Å²) in [5.74, 6) is 0.790. The number of benzene rings is 2. The summed E-state index contributed by atoms with van der Waals surface area (Å²) >= 11 is 0. The third-order valence-electron chi connectivity index (χ3n) is 4.84. The predicted octanol–water partition coefficient (Wildman–Crippen LogP) is 4.93. The van der Waals surface area contributed by atoms with Gasteiger partial charge in [-0.25, -0.2) is 14.2 Å². The minimum absolute atomic E-state index is 0.273. The fourth-order valence-electron chi connectivity index (χ4n) is 3.20. The number of hydrogen-bond donors (Lipinski definition) is 1. The van der Waals surface area contributed by atoms with Gasteiger partial charge in [-0.05, 0) is 31.2 Å². The summed E-state index contributed by atoms with van der Waals surface area (Å²) in [6, 6.07) is 17.3. The molecule has 2 aromatic carbocycles. The van der Waals surface area contributed by atoms with Gasteiger partial charge in [0.2, 0.25) is 5.88 Å². The van der Waals surface area contributed by atoms with Crippen LogP contribution in [0.25, 0.3) is 0 Å². The first-order chi connectivity index (χ1) is 14.6. The van der Waals surface area contributed by atoms with E-state index < -0.39 is 6.10 Å². The Morgan fingerprint density at radius 1 is 1.17 bits per heavy atom. The molecule has 2 amide bonds. The Kier molecular flexibility index (Phi) is 5.90. The number of nitrogens with one attached hydrogen (secondary N) is 1. The van der Waals surface area contributed by atoms with E-state index >= 15 is 0 Å². The van der Waals surface area contributed by atoms with Crippen LogP contribution in [0.5, 0.6) is 11.6 Å². The van der Waals surface area contributed by atoms with Gasteiger partial charge in [0.15, 0.2) is 0 Å². The number of hydrogen-bond acceptors (Lipinski definition) is 4. The second-order valence-corrected chi connectivity index (χ2v) is 7.06. The quantitative estimate of drug-likeness (QED) is 0.666. The summed E-state index contributed by atoms with van der Waals surface area (Å²) in [6.45, 7) is 3.05. The Hall–Kier alpha value is -3.45. The molecule has 1 aliphatic rings. The van der Waals surface area contributed by atoms with E-state index in [9.17, 15) is 9.18 Å². The van der Waals surface area contributed by atoms with Crippen LogP contribution in [-0.4, -0.2) is 35.6 Å². The van der Waals surface area contributed by atoms with E-state index in [0.717, 1.165) is 5.56 Å². The Balaban J connectivity index is 1.36. The van der Waals surface area contributed by atoms with Crippen LogP contribution < -0.4 is 10.1 Å². The van der Waals surface area contributed by atoms with Gasteiger partial charge in [0.1, 0.15) is 17.7 Å². The summed E-state index contributed by atoms with van der Waals surface area (Å²) in [4.78, 5) is 18.5. The van der Waals surface area contributed by atoms with Crippen LogP contribution in [0.3, 0.4) is 0 Å². The minimum atomic E-state index is -0.492. The van der Waals surface area contributed by atoms with Crippen molar-refractivity contribution in [2.24, 2.45) is 0 Å². The van der Waals surface area contributed by atoms with Crippen LogP contribution in [0.1, 0.15) is 17.2 Å². The number of anilines is 1. The molecule has 2 heterocycles. The van der Waals surface area contributed by atoms with E-state index in [1.807, 2.05) is 31.2 Å². The summed E-state index contributed by atoms with van der Waals surface area (Å²) < 4.78 is 25.4. The third kappa shape index (κ3) is 4.75. The van der Waals surface area contributed by atoms with Gasteiger partial charge >= 0.3 is 6.03 Å². The molecule has 7 heteroatoms. The molecular weight excluding hydrogens is 385 g/mol. The number of aromatic nitrogens is 1. The lowest BCUT2D eigenvalue weighted by Gasteiger charge is -2.33. The van der Waals surface area contributed by atoms with Crippen LogP contribution in [0.2, 0.25) is 0 Å². The van der Waals surface area contributed by atoms with E-state index in [0.29, 0.717) is 36.0 Å². The maximum atomic E-state index is 14.0. The topological polar surface area (TPSA) is 63.7 Å². The van der Waals surface area contributed by atoms with Crippen molar-refractivity contribution in [2.75, 3.05) is 25.0 Å². The monoisotopic (exact) mass is 407 g/mol. The molecule has 0 radical (unpaired) electrons. The summed E-state index contributed by atoms with van der Waals surface area (Å²) in [5.41, 5.74) is 2.15. The van der Waals surface area contributed by atoms with Crippen molar-refractivity contribution in [1.29, 1.82) is 0 Å². The number of urea groups is 1. The highest BCUT2D eigenvalue weighted by Crippen LogP contribution is 2.25. The zero-order chi connectivity index (χ0) is 20.9. The number of amides is 2. The zero-order valence-corrected chi connectivity index (χ0v) is 16.5. The van der Waals surface area contributed by atoms with Crippen molar-refractivity contribution in [1.82, 2.24) is 9.88 Å². The molecule has 3 aromatic rings. The molecule has 1 atom stereocenters. The Labute approximate surface area is 174 Å². The SMILES string of the molecule is Cc1ccc(Oc2ccc(NC(=O)N3CCO[C@H](c4ccccc4F)C3)cn2)cc1. The van der Waals surface area contributed by atoms with Crippen LogP contribution in [0.15, 0.2) is 66.9 Å². The van der Waals surface area contributed by atoms with Crippen LogP contribution in [-0.2, 0) is 4.74 Å². The first-order valence-corrected chi connectivity index (χ1v) is 9.71. The van der Waals surface area contributed by atoms with Crippen LogP contribution in [0, 0.1) is 12.7 Å². The molecule has 0 spiro atoms. The largest absolute Gasteiger partial charge is 0.439 e. The van der Waals surface area contributed by atoms with E-state index in [2.05, 4.69) is 10.3 Å². The number of ether oxygens (including phenoxy) is 2. The lowest BCUT2D eigenvalue weighted by atomic mass is 10.1. The molecule has 1 fully saturated rings. The first-order valence-electron chi connectivity index (χ1n) is 9.71. The van der Waals surface area contributed by atoms with E-state index in [1.54, 1.807) is 35.2 Å². The maximum absolute atomic E-state index is 14.0. The first kappa shape index (κ1) is 19.8. The molecule has 1 aliphatic heterocycles. The number of halogens is 1. The van der Waals surface area contributed by atoms with Crippen molar-refractivity contribution in [3.63, 3.8) is 0 Å². The highest BCUT2D eigenvalue weighted by atomic mass is 19.1. The van der Waals surface area contributed by atoms with Crippen molar-refractivity contribution in [3.05, 3.63) is 83.8 Å². The van der Waals surface area contributed by atoms with Gasteiger partial charge in [-0.15, -0.1) is 0 Å². The Bertz CT molecular complexity index is 1010. The average molecular weight is 407 g/mol. The molecule has 1 aromatic heterocycles. The van der Waals surface area contributed by atoms with Gasteiger partial charge in [-0.2, -0.15) is 0 Å². The Morgan fingerprint density at radius 2 is 1.97 bits per heavy atom. The summed E-state index contributed by atoms with van der Waals surface area (Å²) in [5, 5.41) is 2.82. The summed E-state index contributed by atoms with van der Waals surface area (Å²) in [7, 11) is 0. The smallest absolute Gasteiger partial charge is 0.322 e. The minimum Gasteiger partial charge on any atom is -0.439 e. The van der Waals surface area contributed by atoms with Crippen molar-refractivity contribution < 1.29 is 18.7 Å². The highest BCUT2D eigenvalue weighted by Gasteiger charge is 2.27. The third-order valence-corrected chi connectivity index (χ3v) is 4.84. The average Bonchev–Trinajstić information content (AvgIpc) is 2.77. The van der Waals surface area contributed by atoms with E-state index in [1.165, 1.54) is 12.3 Å². The molecular formula is C23H22FN3O3. The van der Waals surface area contributed by atoms with Crippen LogP contribution >= 0.6 is 0 Å². The molecule has 0 saturated carbocycles. The number of nitrogens with zero attached hydrogens (tertiary/aromatic N) is 2. The standard InChI is InChI=1S/C23H22FN3O3/c1-16-6-9-18(10-7-16)30-22-11-8-17(14-25-22)26-23(28)27-12-13-29-21(15-27)19-4-2-3-5-20(19)24/h2-11,14,21H,12-13,15H2,1H3,(H,26,28)/t21-/m0/s1. The molecule has 0 aliphatic carbocycles. The molecule has 30 heavy (non-hydrogen) atoms. The highest BCUT2D eigenvalue weighted by molar-refractivity contribution is 5.89. The van der Waals surface area contributed by atoms with Gasteiger partial charge in [0.05, 0.1) is 25.0 Å². The van der Waals surface area contributed by atoms with Gasteiger partial charge in [0.25, 0.3) is 0 Å². The molecule has 0 bridgehead atoms. The fraction of sp³-hybridized carbons (Fsp3) is 0.217. The second-order valence-electron chi connectivity index (χ2n) is 7.06.